The lowest BCUT2D eigenvalue weighted by molar-refractivity contribution is -0.993. The van der Waals surface area contributed by atoms with Crippen LogP contribution in [0.15, 0.2) is 182 Å². The first-order chi connectivity index (χ1) is 28.3. The minimum Gasteiger partial charge on any atom is -0.456 e. The summed E-state index contributed by atoms with van der Waals surface area (Å²) in [4.78, 5) is 0. The van der Waals surface area contributed by atoms with Crippen LogP contribution < -0.4 is 14.0 Å². The monoisotopic (exact) mass is 726 g/mol. The minimum absolute atomic E-state index is 0.360. The number of fused-ring (bicyclic) bond motifs is 17. The number of pyridine rings is 1. The van der Waals surface area contributed by atoms with Gasteiger partial charge in [-0.1, -0.05) is 114 Å². The van der Waals surface area contributed by atoms with Gasteiger partial charge in [0.05, 0.1) is 23.4 Å². The molecule has 0 radical (unpaired) electrons. The van der Waals surface area contributed by atoms with Crippen LogP contribution >= 0.6 is 0 Å². The van der Waals surface area contributed by atoms with Crippen molar-refractivity contribution in [1.82, 2.24) is 9.25 Å². The van der Waals surface area contributed by atoms with E-state index in [1.807, 2.05) is 0 Å². The standard InChI is InChI=1S/C52H30N4O/c1-5-16-39-33(12-1)34-13-2-6-17-40(34)51(39)41-18-7-3-14-35(41)38-28-31(23-25-42(38)51)32-29-54-44-20-11-21-45-48(44)52(55(54)30-32)49-46(57-45)26-24-37-36-15-4-8-19-43(36)56(50(37)49)47-22-9-10-27-53(47)52/h1-30H/q+2. The number of rotatable bonds is 1. The number of hydrogen-bond donors (Lipinski definition) is 0. The molecular weight excluding hydrogens is 697 g/mol. The largest absolute Gasteiger partial charge is 0.456 e. The van der Waals surface area contributed by atoms with Crippen LogP contribution in [0.2, 0.25) is 0 Å². The summed E-state index contributed by atoms with van der Waals surface area (Å²) < 4.78 is 16.6. The molecule has 0 saturated carbocycles. The molecular formula is C52H30N4O+2. The molecule has 1 unspecified atom stereocenters. The highest BCUT2D eigenvalue weighted by atomic mass is 16.5. The van der Waals surface area contributed by atoms with Crippen LogP contribution in [-0.4, -0.2) is 9.25 Å². The van der Waals surface area contributed by atoms with Gasteiger partial charge in [-0.3, -0.25) is 0 Å². The summed E-state index contributed by atoms with van der Waals surface area (Å²) >= 11 is 0. The molecule has 15 rings (SSSR count). The Bertz CT molecular complexity index is 3490. The first kappa shape index (κ1) is 28.9. The summed E-state index contributed by atoms with van der Waals surface area (Å²) in [5.74, 6) is 2.90. The van der Waals surface area contributed by atoms with Gasteiger partial charge in [0.1, 0.15) is 28.3 Å². The van der Waals surface area contributed by atoms with Crippen molar-refractivity contribution >= 4 is 21.8 Å². The first-order valence-electron chi connectivity index (χ1n) is 19.8. The SMILES string of the molecule is c1ccc2c(c1)-c1ccccc1C21c2ccccc2-c2cc(-c3cn4[n+](c3)C35c6c(cccc6-4)Oc4ccc6c7ccccc7n(c6c43)-c3cccc[n+]35)ccc21. The molecule has 5 heteroatoms. The molecule has 3 aromatic heterocycles. The summed E-state index contributed by atoms with van der Waals surface area (Å²) in [5.41, 5.74) is 17.8. The number of hydrogen-bond acceptors (Lipinski definition) is 1. The average molecular weight is 727 g/mol. The molecule has 0 fully saturated rings. The van der Waals surface area contributed by atoms with Crippen LogP contribution in [0.1, 0.15) is 33.4 Å². The predicted octanol–water partition coefficient (Wildman–Crippen LogP) is 10.2. The maximum Gasteiger partial charge on any atom is 0.397 e. The van der Waals surface area contributed by atoms with Crippen molar-refractivity contribution in [3.8, 4) is 56.4 Å². The molecule has 0 amide bonds. The molecule has 2 aliphatic carbocycles. The third kappa shape index (κ3) is 2.98. The summed E-state index contributed by atoms with van der Waals surface area (Å²) in [7, 11) is 0. The highest BCUT2D eigenvalue weighted by molar-refractivity contribution is 6.11. The van der Waals surface area contributed by atoms with E-state index in [-0.39, 0.29) is 5.41 Å². The zero-order chi connectivity index (χ0) is 36.8. The highest BCUT2D eigenvalue weighted by Gasteiger charge is 2.68. The Labute approximate surface area is 327 Å². The lowest BCUT2D eigenvalue weighted by Gasteiger charge is -2.32. The van der Waals surface area contributed by atoms with Gasteiger partial charge in [0.15, 0.2) is 11.1 Å². The molecule has 7 aromatic carbocycles. The Hall–Kier alpha value is -7.50. The summed E-state index contributed by atoms with van der Waals surface area (Å²) in [6.07, 6.45) is 6.95. The molecule has 0 N–H and O–H groups in total. The van der Waals surface area contributed by atoms with E-state index in [0.717, 1.165) is 34.1 Å². The predicted molar refractivity (Wildman–Crippen MR) is 220 cm³/mol. The van der Waals surface area contributed by atoms with Crippen LogP contribution in [0.5, 0.6) is 11.5 Å². The van der Waals surface area contributed by atoms with Crippen LogP contribution in [0.25, 0.3) is 66.7 Å². The third-order valence-electron chi connectivity index (χ3n) is 13.8. The molecule has 2 spiro atoms. The van der Waals surface area contributed by atoms with E-state index >= 15 is 0 Å². The molecule has 57 heavy (non-hydrogen) atoms. The lowest BCUT2D eigenvalue weighted by atomic mass is 9.70. The molecule has 10 aromatic rings. The van der Waals surface area contributed by atoms with Crippen molar-refractivity contribution in [2.75, 3.05) is 0 Å². The summed E-state index contributed by atoms with van der Waals surface area (Å²) in [6.45, 7) is 0. The number of aromatic nitrogens is 4. The van der Waals surface area contributed by atoms with Crippen LogP contribution in [0.3, 0.4) is 0 Å². The Balaban J connectivity index is 1.01. The van der Waals surface area contributed by atoms with Gasteiger partial charge in [-0.2, -0.15) is 9.13 Å². The number of benzene rings is 7. The number of nitrogens with zero attached hydrogens (tertiary/aromatic N) is 4. The summed E-state index contributed by atoms with van der Waals surface area (Å²) in [6, 6.07) is 60.6. The quantitative estimate of drug-likeness (QED) is 0.155. The fourth-order valence-corrected chi connectivity index (χ4v) is 11.8. The fraction of sp³-hybridized carbons (Fsp3) is 0.0385. The minimum atomic E-state index is -0.719. The number of para-hydroxylation sites is 1. The van der Waals surface area contributed by atoms with Gasteiger partial charge in [-0.15, -0.1) is 4.68 Å². The van der Waals surface area contributed by atoms with Gasteiger partial charge in [0.2, 0.25) is 6.20 Å². The van der Waals surface area contributed by atoms with Gasteiger partial charge in [0, 0.05) is 16.8 Å². The van der Waals surface area contributed by atoms with Crippen LogP contribution in [0.4, 0.5) is 0 Å². The second-order valence-corrected chi connectivity index (χ2v) is 16.1. The highest BCUT2D eigenvalue weighted by Crippen LogP contribution is 2.63. The summed E-state index contributed by atoms with van der Waals surface area (Å²) in [5, 5.41) is 2.47. The van der Waals surface area contributed by atoms with E-state index in [1.54, 1.807) is 0 Å². The van der Waals surface area contributed by atoms with E-state index in [1.165, 1.54) is 77.4 Å². The second-order valence-electron chi connectivity index (χ2n) is 16.1. The maximum atomic E-state index is 6.88. The maximum absolute atomic E-state index is 6.88. The average Bonchev–Trinajstić information content (AvgIpc) is 4.06. The molecule has 3 aliphatic heterocycles. The molecule has 6 heterocycles. The molecule has 5 aliphatic rings. The van der Waals surface area contributed by atoms with E-state index in [4.69, 9.17) is 4.74 Å². The van der Waals surface area contributed by atoms with E-state index in [0.29, 0.717) is 0 Å². The third-order valence-corrected chi connectivity index (χ3v) is 13.8. The Morgan fingerprint density at radius 2 is 1.19 bits per heavy atom. The van der Waals surface area contributed by atoms with Crippen molar-refractivity contribution < 1.29 is 14.0 Å². The lowest BCUT2D eigenvalue weighted by Crippen LogP contribution is -2.76. The van der Waals surface area contributed by atoms with Gasteiger partial charge < -0.3 is 4.74 Å². The molecule has 0 saturated heterocycles. The van der Waals surface area contributed by atoms with Gasteiger partial charge in [-0.25, -0.2) is 0 Å². The Morgan fingerprint density at radius 1 is 0.509 bits per heavy atom. The normalized spacial score (nSPS) is 17.1. The van der Waals surface area contributed by atoms with E-state index in [9.17, 15) is 0 Å². The van der Waals surface area contributed by atoms with Crippen molar-refractivity contribution in [1.29, 1.82) is 0 Å². The van der Waals surface area contributed by atoms with E-state index < -0.39 is 5.66 Å². The molecule has 262 valence electrons. The topological polar surface area (TPSA) is 26.8 Å². The van der Waals surface area contributed by atoms with Crippen molar-refractivity contribution in [2.24, 2.45) is 0 Å². The zero-order valence-corrected chi connectivity index (χ0v) is 30.5. The van der Waals surface area contributed by atoms with Gasteiger partial charge in [-0.05, 0) is 98.6 Å². The fourth-order valence-electron chi connectivity index (χ4n) is 11.8. The van der Waals surface area contributed by atoms with Crippen molar-refractivity contribution in [2.45, 2.75) is 11.1 Å². The molecule has 1 atom stereocenters. The van der Waals surface area contributed by atoms with Gasteiger partial charge >= 0.3 is 5.66 Å². The Kier molecular flexibility index (Phi) is 4.80. The van der Waals surface area contributed by atoms with Crippen LogP contribution in [0, 0.1) is 0 Å². The number of ether oxygens (including phenoxy) is 1. The van der Waals surface area contributed by atoms with Crippen LogP contribution in [-0.2, 0) is 11.1 Å². The first-order valence-corrected chi connectivity index (χ1v) is 19.8. The van der Waals surface area contributed by atoms with Gasteiger partial charge in [0.25, 0.3) is 5.82 Å². The zero-order valence-electron chi connectivity index (χ0n) is 30.5. The van der Waals surface area contributed by atoms with Crippen molar-refractivity contribution in [3.63, 3.8) is 0 Å². The van der Waals surface area contributed by atoms with Crippen molar-refractivity contribution in [3.05, 3.63) is 216 Å². The molecule has 0 bridgehead atoms. The molecule has 5 nitrogen and oxygen atoms in total. The van der Waals surface area contributed by atoms with E-state index in [2.05, 4.69) is 201 Å². The Morgan fingerprint density at radius 3 is 2.00 bits per heavy atom. The second kappa shape index (κ2) is 9.47. The smallest absolute Gasteiger partial charge is 0.397 e.